The number of nitrogens with one attached hydrogen (secondary N) is 1. The van der Waals surface area contributed by atoms with Crippen LogP contribution >= 0.6 is 11.8 Å². The lowest BCUT2D eigenvalue weighted by atomic mass is 10.2. The Bertz CT molecular complexity index is 1110. The molecule has 13 heteroatoms. The second-order valence-corrected chi connectivity index (χ2v) is 7.69. The van der Waals surface area contributed by atoms with Gasteiger partial charge in [0.2, 0.25) is 12.7 Å². The number of nitrogens with zero attached hydrogens (tertiary/aromatic N) is 3. The smallest absolute Gasteiger partial charge is 0.435 e. The van der Waals surface area contributed by atoms with Gasteiger partial charge < -0.3 is 14.8 Å². The molecule has 9 nitrogen and oxygen atoms in total. The zero-order valence-corrected chi connectivity index (χ0v) is 17.0. The molecule has 0 bridgehead atoms. The third-order valence-corrected chi connectivity index (χ3v) is 5.37. The van der Waals surface area contributed by atoms with Gasteiger partial charge in [-0.3, -0.25) is 24.0 Å². The number of aromatic nitrogens is 2. The molecule has 0 saturated carbocycles. The highest BCUT2D eigenvalue weighted by Crippen LogP contribution is 2.36. The van der Waals surface area contributed by atoms with E-state index in [1.54, 1.807) is 24.3 Å². The van der Waals surface area contributed by atoms with E-state index in [1.807, 2.05) is 0 Å². The quantitative estimate of drug-likeness (QED) is 0.650. The topological polar surface area (TPSA) is 103 Å². The highest BCUT2D eigenvalue weighted by Gasteiger charge is 2.35. The first-order valence-electron chi connectivity index (χ1n) is 9.23. The number of ether oxygens (including phenoxy) is 2. The molecule has 2 aliphatic heterocycles. The van der Waals surface area contributed by atoms with Crippen LogP contribution in [0.5, 0.6) is 11.5 Å². The molecule has 4 rings (SSSR count). The Balaban J connectivity index is 1.30. The number of amides is 3. The minimum atomic E-state index is -4.60. The Morgan fingerprint density at radius 3 is 2.75 bits per heavy atom. The molecule has 1 aromatic heterocycles. The van der Waals surface area contributed by atoms with E-state index in [0.29, 0.717) is 17.1 Å². The summed E-state index contributed by atoms with van der Waals surface area (Å²) in [6.45, 7) is -0.448. The molecule has 0 aliphatic carbocycles. The molecule has 3 amide bonds. The average Bonchev–Trinajstić information content (AvgIpc) is 3.43. The molecule has 1 aromatic carbocycles. The molecule has 0 atom stereocenters. The lowest BCUT2D eigenvalue weighted by Crippen LogP contribution is -2.38. The Hall–Kier alpha value is -3.48. The predicted molar refractivity (Wildman–Crippen MR) is 105 cm³/mol. The highest BCUT2D eigenvalue weighted by atomic mass is 32.2. The zero-order chi connectivity index (χ0) is 22.9. The highest BCUT2D eigenvalue weighted by molar-refractivity contribution is 8.18. The molecule has 3 heterocycles. The number of alkyl halides is 3. The number of fused-ring (bicyclic) bond motifs is 1. The summed E-state index contributed by atoms with van der Waals surface area (Å²) in [6.07, 6.45) is -2.00. The van der Waals surface area contributed by atoms with E-state index in [-0.39, 0.29) is 24.8 Å². The van der Waals surface area contributed by atoms with Gasteiger partial charge in [0.15, 0.2) is 17.2 Å². The molecular formula is C19H15F3N4O5S. The van der Waals surface area contributed by atoms with Gasteiger partial charge >= 0.3 is 6.18 Å². The van der Waals surface area contributed by atoms with E-state index in [1.165, 1.54) is 0 Å². The van der Waals surface area contributed by atoms with Crippen molar-refractivity contribution in [3.05, 3.63) is 46.6 Å². The van der Waals surface area contributed by atoms with Crippen LogP contribution in [0.2, 0.25) is 0 Å². The fraction of sp³-hybridized carbons (Fsp3) is 0.263. The van der Waals surface area contributed by atoms with Crippen molar-refractivity contribution in [2.24, 2.45) is 0 Å². The Morgan fingerprint density at radius 1 is 1.22 bits per heavy atom. The van der Waals surface area contributed by atoms with E-state index in [9.17, 15) is 27.6 Å². The van der Waals surface area contributed by atoms with Crippen LogP contribution < -0.4 is 14.8 Å². The van der Waals surface area contributed by atoms with Crippen molar-refractivity contribution in [1.29, 1.82) is 0 Å². The fourth-order valence-electron chi connectivity index (χ4n) is 2.96. The van der Waals surface area contributed by atoms with Gasteiger partial charge in [0.1, 0.15) is 6.54 Å². The van der Waals surface area contributed by atoms with E-state index >= 15 is 0 Å². The Labute approximate surface area is 183 Å². The van der Waals surface area contributed by atoms with Crippen LogP contribution in [-0.4, -0.2) is 51.6 Å². The summed E-state index contributed by atoms with van der Waals surface area (Å²) in [5.74, 6) is 0.0227. The SMILES string of the molecule is O=C(Cn1ccc(C(F)(F)F)n1)NCCN1C(=O)S/C(=C\c2ccc3c(c2)OCO3)C1=O. The fourth-order valence-corrected chi connectivity index (χ4v) is 3.82. The third kappa shape index (κ3) is 4.72. The first-order chi connectivity index (χ1) is 15.2. The maximum atomic E-state index is 12.6. The lowest BCUT2D eigenvalue weighted by Gasteiger charge is -2.13. The molecule has 0 radical (unpaired) electrons. The number of benzene rings is 1. The van der Waals surface area contributed by atoms with Crippen LogP contribution in [0.3, 0.4) is 0 Å². The van der Waals surface area contributed by atoms with Gasteiger partial charge in [-0.1, -0.05) is 6.07 Å². The number of carbonyl (C=O) groups is 3. The van der Waals surface area contributed by atoms with Crippen LogP contribution in [-0.2, 0) is 22.3 Å². The number of carbonyl (C=O) groups excluding carboxylic acids is 3. The summed E-state index contributed by atoms with van der Waals surface area (Å²) >= 11 is 0.770. The van der Waals surface area contributed by atoms with Crippen molar-refractivity contribution in [2.75, 3.05) is 19.9 Å². The standard InChI is InChI=1S/C19H15F3N4O5S/c20-19(21,22)15-3-5-25(24-15)9-16(27)23-4-6-26-17(28)14(32-18(26)29)8-11-1-2-12-13(7-11)31-10-30-12/h1-3,5,7-8H,4,6,9-10H2,(H,23,27)/b14-8-. The summed E-state index contributed by atoms with van der Waals surface area (Å²) in [7, 11) is 0. The van der Waals surface area contributed by atoms with Crippen molar-refractivity contribution in [1.82, 2.24) is 20.0 Å². The molecule has 1 N–H and O–H groups in total. The molecule has 1 fully saturated rings. The molecule has 0 spiro atoms. The summed E-state index contributed by atoms with van der Waals surface area (Å²) in [5.41, 5.74) is -0.442. The van der Waals surface area contributed by atoms with Gasteiger partial charge in [-0.25, -0.2) is 0 Å². The second-order valence-electron chi connectivity index (χ2n) is 6.69. The van der Waals surface area contributed by atoms with Gasteiger partial charge in [-0.2, -0.15) is 18.3 Å². The summed E-state index contributed by atoms with van der Waals surface area (Å²) < 4.78 is 49.0. The van der Waals surface area contributed by atoms with E-state index < -0.39 is 35.5 Å². The van der Waals surface area contributed by atoms with E-state index in [0.717, 1.165) is 33.6 Å². The molecule has 1 saturated heterocycles. The van der Waals surface area contributed by atoms with E-state index in [2.05, 4.69) is 10.4 Å². The molecule has 2 aliphatic rings. The molecule has 32 heavy (non-hydrogen) atoms. The normalized spacial score (nSPS) is 16.8. The largest absolute Gasteiger partial charge is 0.454 e. The maximum absolute atomic E-state index is 12.6. The monoisotopic (exact) mass is 468 g/mol. The number of imide groups is 1. The third-order valence-electron chi connectivity index (χ3n) is 4.46. The van der Waals surface area contributed by atoms with Crippen LogP contribution in [0.4, 0.5) is 18.0 Å². The minimum absolute atomic E-state index is 0.0540. The van der Waals surface area contributed by atoms with Gasteiger partial charge in [0, 0.05) is 19.3 Å². The summed E-state index contributed by atoms with van der Waals surface area (Å²) in [5, 5.41) is 5.25. The van der Waals surface area contributed by atoms with Crippen molar-refractivity contribution in [3.63, 3.8) is 0 Å². The number of hydrogen-bond acceptors (Lipinski definition) is 7. The predicted octanol–water partition coefficient (Wildman–Crippen LogP) is 2.48. The maximum Gasteiger partial charge on any atom is 0.435 e. The second kappa shape index (κ2) is 8.57. The molecule has 2 aromatic rings. The van der Waals surface area contributed by atoms with Crippen LogP contribution in [0.15, 0.2) is 35.4 Å². The summed E-state index contributed by atoms with van der Waals surface area (Å²) in [6, 6.07) is 5.88. The minimum Gasteiger partial charge on any atom is -0.454 e. The van der Waals surface area contributed by atoms with Gasteiger partial charge in [-0.15, -0.1) is 0 Å². The molecule has 168 valence electrons. The lowest BCUT2D eigenvalue weighted by molar-refractivity contribution is -0.141. The first-order valence-corrected chi connectivity index (χ1v) is 10.0. The zero-order valence-electron chi connectivity index (χ0n) is 16.2. The number of rotatable bonds is 6. The van der Waals surface area contributed by atoms with Gasteiger partial charge in [-0.05, 0) is 41.6 Å². The number of hydrogen-bond donors (Lipinski definition) is 1. The van der Waals surface area contributed by atoms with Crippen molar-refractivity contribution < 1.29 is 37.0 Å². The number of thioether (sulfide) groups is 1. The van der Waals surface area contributed by atoms with Gasteiger partial charge in [0.25, 0.3) is 11.1 Å². The van der Waals surface area contributed by atoms with E-state index in [4.69, 9.17) is 9.47 Å². The van der Waals surface area contributed by atoms with Crippen molar-refractivity contribution in [3.8, 4) is 11.5 Å². The molecular weight excluding hydrogens is 453 g/mol. The van der Waals surface area contributed by atoms with Gasteiger partial charge in [0.05, 0.1) is 4.91 Å². The summed E-state index contributed by atoms with van der Waals surface area (Å²) in [4.78, 5) is 37.9. The van der Waals surface area contributed by atoms with Crippen molar-refractivity contribution in [2.45, 2.75) is 12.7 Å². The van der Waals surface area contributed by atoms with Crippen LogP contribution in [0.25, 0.3) is 6.08 Å². The first kappa shape index (κ1) is 21.7. The van der Waals surface area contributed by atoms with Crippen molar-refractivity contribution >= 4 is 34.9 Å². The average molecular weight is 468 g/mol. The molecule has 0 unspecified atom stereocenters. The Morgan fingerprint density at radius 2 is 2.00 bits per heavy atom. The number of halogens is 3. The van der Waals surface area contributed by atoms with Crippen LogP contribution in [0, 0.1) is 0 Å². The van der Waals surface area contributed by atoms with Crippen LogP contribution in [0.1, 0.15) is 11.3 Å². The Kier molecular flexibility index (Phi) is 5.82.